The minimum atomic E-state index is -3.64. The maximum Gasteiger partial charge on any atom is 0.244 e. The summed E-state index contributed by atoms with van der Waals surface area (Å²) in [5.41, 5.74) is 0.806. The summed E-state index contributed by atoms with van der Waals surface area (Å²) < 4.78 is 32.3. The fraction of sp³-hybridized carbons (Fsp3) is 0.125. The molecule has 1 unspecified atom stereocenters. The van der Waals surface area contributed by atoms with Crippen LogP contribution in [0.2, 0.25) is 0 Å². The number of aromatic nitrogens is 2. The Bertz CT molecular complexity index is 877. The van der Waals surface area contributed by atoms with E-state index in [1.54, 1.807) is 25.1 Å². The van der Waals surface area contributed by atoms with Crippen LogP contribution in [0.4, 0.5) is 0 Å². The number of nitrogens with zero attached hydrogens (tertiary/aromatic N) is 2. The molecule has 0 aliphatic heterocycles. The smallest absolute Gasteiger partial charge is 0.244 e. The number of hydrogen-bond donors (Lipinski definition) is 1. The highest BCUT2D eigenvalue weighted by atomic mass is 32.2. The molecule has 0 amide bonds. The zero-order valence-corrected chi connectivity index (χ0v) is 13.2. The lowest BCUT2D eigenvalue weighted by Crippen LogP contribution is -2.27. The van der Waals surface area contributed by atoms with Crippen LogP contribution in [0.25, 0.3) is 11.4 Å². The normalized spacial score (nSPS) is 12.9. The van der Waals surface area contributed by atoms with Crippen LogP contribution >= 0.6 is 0 Å². The van der Waals surface area contributed by atoms with Crippen LogP contribution in [-0.2, 0) is 10.0 Å². The van der Waals surface area contributed by atoms with Crippen molar-refractivity contribution >= 4 is 10.0 Å². The molecule has 0 saturated carbocycles. The van der Waals surface area contributed by atoms with Crippen molar-refractivity contribution in [2.24, 2.45) is 0 Å². The van der Waals surface area contributed by atoms with E-state index in [2.05, 4.69) is 14.9 Å². The predicted octanol–water partition coefficient (Wildman–Crippen LogP) is 2.78. The molecule has 3 aromatic rings. The summed E-state index contributed by atoms with van der Waals surface area (Å²) in [5.74, 6) is 0.634. The highest BCUT2D eigenvalue weighted by molar-refractivity contribution is 7.89. The van der Waals surface area contributed by atoms with Gasteiger partial charge in [0.25, 0.3) is 0 Å². The molecule has 7 heteroatoms. The lowest BCUT2D eigenvalue weighted by Gasteiger charge is -2.10. The van der Waals surface area contributed by atoms with E-state index in [1.165, 1.54) is 12.1 Å². The number of hydrogen-bond acceptors (Lipinski definition) is 5. The second kappa shape index (κ2) is 6.31. The van der Waals surface area contributed by atoms with Gasteiger partial charge in [-0.25, -0.2) is 8.42 Å². The van der Waals surface area contributed by atoms with Gasteiger partial charge in [-0.1, -0.05) is 53.7 Å². The van der Waals surface area contributed by atoms with Crippen molar-refractivity contribution in [2.75, 3.05) is 0 Å². The average Bonchev–Trinajstić information content (AvgIpc) is 3.06. The van der Waals surface area contributed by atoms with E-state index in [0.29, 0.717) is 5.82 Å². The Labute approximate surface area is 134 Å². The second-order valence-electron chi connectivity index (χ2n) is 4.98. The molecular weight excluding hydrogens is 314 g/mol. The third kappa shape index (κ3) is 3.46. The van der Waals surface area contributed by atoms with Crippen LogP contribution in [-0.4, -0.2) is 18.6 Å². The van der Waals surface area contributed by atoms with Crippen molar-refractivity contribution in [2.45, 2.75) is 17.9 Å². The van der Waals surface area contributed by atoms with Crippen LogP contribution in [0.1, 0.15) is 18.9 Å². The number of rotatable bonds is 5. The molecule has 0 fully saturated rings. The zero-order valence-electron chi connectivity index (χ0n) is 12.4. The first-order valence-electron chi connectivity index (χ1n) is 7.03. The van der Waals surface area contributed by atoms with Crippen molar-refractivity contribution in [1.29, 1.82) is 0 Å². The van der Waals surface area contributed by atoms with Gasteiger partial charge in [-0.15, -0.1) is 0 Å². The van der Waals surface area contributed by atoms with Gasteiger partial charge in [0, 0.05) is 5.56 Å². The highest BCUT2D eigenvalue weighted by Gasteiger charge is 2.22. The SMILES string of the molecule is CC(NS(=O)(=O)c1ccccc1)c1nc(-c2ccccc2)no1. The Morgan fingerprint density at radius 3 is 2.26 bits per heavy atom. The molecule has 1 atom stereocenters. The zero-order chi connectivity index (χ0) is 16.3. The number of nitrogens with one attached hydrogen (secondary N) is 1. The van der Waals surface area contributed by atoms with Crippen LogP contribution in [0.5, 0.6) is 0 Å². The van der Waals surface area contributed by atoms with E-state index >= 15 is 0 Å². The summed E-state index contributed by atoms with van der Waals surface area (Å²) in [4.78, 5) is 4.44. The number of sulfonamides is 1. The molecule has 0 bridgehead atoms. The van der Waals surface area contributed by atoms with Crippen molar-refractivity contribution in [3.8, 4) is 11.4 Å². The molecular formula is C16H15N3O3S. The first-order chi connectivity index (χ1) is 11.1. The Morgan fingerprint density at radius 2 is 1.61 bits per heavy atom. The van der Waals surface area contributed by atoms with Crippen molar-refractivity contribution in [3.05, 3.63) is 66.6 Å². The molecule has 0 saturated heterocycles. The largest absolute Gasteiger partial charge is 0.337 e. The predicted molar refractivity (Wildman–Crippen MR) is 84.9 cm³/mol. The Balaban J connectivity index is 1.79. The summed E-state index contributed by atoms with van der Waals surface area (Å²) in [7, 11) is -3.64. The van der Waals surface area contributed by atoms with Gasteiger partial charge in [0.2, 0.25) is 21.7 Å². The number of benzene rings is 2. The van der Waals surface area contributed by atoms with Gasteiger partial charge < -0.3 is 4.52 Å². The van der Waals surface area contributed by atoms with E-state index in [1.807, 2.05) is 30.3 Å². The lowest BCUT2D eigenvalue weighted by atomic mass is 10.2. The molecule has 2 aromatic carbocycles. The molecule has 1 N–H and O–H groups in total. The van der Waals surface area contributed by atoms with Gasteiger partial charge in [-0.3, -0.25) is 0 Å². The summed E-state index contributed by atoms with van der Waals surface area (Å²) in [6, 6.07) is 16.8. The molecule has 0 aliphatic carbocycles. The van der Waals surface area contributed by atoms with E-state index < -0.39 is 16.1 Å². The minimum Gasteiger partial charge on any atom is -0.337 e. The van der Waals surface area contributed by atoms with Crippen LogP contribution in [0.15, 0.2) is 70.1 Å². The summed E-state index contributed by atoms with van der Waals surface area (Å²) in [5, 5.41) is 3.89. The van der Waals surface area contributed by atoms with Gasteiger partial charge in [-0.2, -0.15) is 9.71 Å². The van der Waals surface area contributed by atoms with Gasteiger partial charge in [0.05, 0.1) is 10.9 Å². The van der Waals surface area contributed by atoms with E-state index in [9.17, 15) is 8.42 Å². The minimum absolute atomic E-state index is 0.189. The van der Waals surface area contributed by atoms with Crippen LogP contribution in [0, 0.1) is 0 Å². The van der Waals surface area contributed by atoms with E-state index in [4.69, 9.17) is 4.52 Å². The quantitative estimate of drug-likeness (QED) is 0.778. The third-order valence-corrected chi connectivity index (χ3v) is 4.79. The molecule has 3 rings (SSSR count). The van der Waals surface area contributed by atoms with Gasteiger partial charge in [0.15, 0.2) is 0 Å². The van der Waals surface area contributed by atoms with Gasteiger partial charge in [0.1, 0.15) is 0 Å². The Hall–Kier alpha value is -2.51. The third-order valence-electron chi connectivity index (χ3n) is 3.23. The fourth-order valence-corrected chi connectivity index (χ4v) is 3.28. The average molecular weight is 329 g/mol. The highest BCUT2D eigenvalue weighted by Crippen LogP contribution is 2.19. The van der Waals surface area contributed by atoms with Crippen molar-refractivity contribution < 1.29 is 12.9 Å². The summed E-state index contributed by atoms with van der Waals surface area (Å²) in [6.07, 6.45) is 0. The van der Waals surface area contributed by atoms with E-state index in [0.717, 1.165) is 5.56 Å². The van der Waals surface area contributed by atoms with Crippen molar-refractivity contribution in [3.63, 3.8) is 0 Å². The second-order valence-corrected chi connectivity index (χ2v) is 6.69. The standard InChI is InChI=1S/C16H15N3O3S/c1-12(19-23(20,21)14-10-6-3-7-11-14)16-17-15(18-22-16)13-8-4-2-5-9-13/h2-12,19H,1H3. The summed E-state index contributed by atoms with van der Waals surface area (Å²) in [6.45, 7) is 1.66. The van der Waals surface area contributed by atoms with Crippen LogP contribution in [0.3, 0.4) is 0 Å². The molecule has 23 heavy (non-hydrogen) atoms. The molecule has 1 aromatic heterocycles. The maximum atomic E-state index is 12.3. The Morgan fingerprint density at radius 1 is 1.00 bits per heavy atom. The lowest BCUT2D eigenvalue weighted by molar-refractivity contribution is 0.354. The summed E-state index contributed by atoms with van der Waals surface area (Å²) >= 11 is 0. The molecule has 6 nitrogen and oxygen atoms in total. The molecule has 0 radical (unpaired) electrons. The fourth-order valence-electron chi connectivity index (χ4n) is 2.07. The topological polar surface area (TPSA) is 85.1 Å². The van der Waals surface area contributed by atoms with E-state index in [-0.39, 0.29) is 10.8 Å². The molecule has 0 spiro atoms. The van der Waals surface area contributed by atoms with Gasteiger partial charge >= 0.3 is 0 Å². The molecule has 0 aliphatic rings. The first kappa shape index (κ1) is 15.4. The molecule has 118 valence electrons. The van der Waals surface area contributed by atoms with Gasteiger partial charge in [-0.05, 0) is 19.1 Å². The molecule has 1 heterocycles. The Kier molecular flexibility index (Phi) is 4.22. The monoisotopic (exact) mass is 329 g/mol. The van der Waals surface area contributed by atoms with Crippen molar-refractivity contribution in [1.82, 2.24) is 14.9 Å². The first-order valence-corrected chi connectivity index (χ1v) is 8.51. The maximum absolute atomic E-state index is 12.3. The van der Waals surface area contributed by atoms with Crippen LogP contribution < -0.4 is 4.72 Å².